The molecule has 4 heteroatoms. The van der Waals surface area contributed by atoms with Crippen LogP contribution in [0.2, 0.25) is 0 Å². The maximum Gasteiger partial charge on any atom is 0.242 e. The lowest BCUT2D eigenvalue weighted by molar-refractivity contribution is -0.140. The number of hydrogen-bond acceptors (Lipinski definition) is 2. The summed E-state index contributed by atoms with van der Waals surface area (Å²) in [6.07, 6.45) is 1.91. The number of aryl methyl sites for hydroxylation is 3. The van der Waals surface area contributed by atoms with E-state index >= 15 is 0 Å². The molecule has 0 saturated heterocycles. The minimum atomic E-state index is -0.518. The van der Waals surface area contributed by atoms with Gasteiger partial charge < -0.3 is 10.2 Å². The molecule has 2 aromatic carbocycles. The van der Waals surface area contributed by atoms with Gasteiger partial charge in [-0.2, -0.15) is 0 Å². The highest BCUT2D eigenvalue weighted by atomic mass is 16.2. The van der Waals surface area contributed by atoms with Crippen LogP contribution in [0.25, 0.3) is 0 Å². The second-order valence-electron chi connectivity index (χ2n) is 7.99. The summed E-state index contributed by atoms with van der Waals surface area (Å²) in [6.45, 7) is 10.4. The van der Waals surface area contributed by atoms with Gasteiger partial charge in [-0.1, -0.05) is 66.6 Å². The Kier molecular flexibility index (Phi) is 8.44. The normalized spacial score (nSPS) is 12.9. The Bertz CT molecular complexity index is 797. The number of nitrogens with one attached hydrogen (secondary N) is 1. The summed E-state index contributed by atoms with van der Waals surface area (Å²) in [5, 5.41) is 3.01. The molecule has 0 spiro atoms. The molecule has 2 aromatic rings. The fourth-order valence-corrected chi connectivity index (χ4v) is 3.09. The number of amides is 2. The average molecular weight is 395 g/mol. The Morgan fingerprint density at radius 3 is 1.93 bits per heavy atom. The SMILES string of the molecule is CCC(C)NC(=O)C(C)N(Cc1ccc(C)cc1)C(=O)CCc1ccc(C)cc1. The Balaban J connectivity index is 2.13. The van der Waals surface area contributed by atoms with Gasteiger partial charge >= 0.3 is 0 Å². The Labute approximate surface area is 175 Å². The predicted molar refractivity (Wildman–Crippen MR) is 119 cm³/mol. The van der Waals surface area contributed by atoms with Crippen LogP contribution in [0, 0.1) is 13.8 Å². The van der Waals surface area contributed by atoms with Gasteiger partial charge in [0.2, 0.25) is 11.8 Å². The van der Waals surface area contributed by atoms with Gasteiger partial charge in [-0.05, 0) is 51.7 Å². The molecule has 4 nitrogen and oxygen atoms in total. The van der Waals surface area contributed by atoms with E-state index in [2.05, 4.69) is 36.5 Å². The van der Waals surface area contributed by atoms with Crippen molar-refractivity contribution in [3.8, 4) is 0 Å². The second kappa shape index (κ2) is 10.8. The summed E-state index contributed by atoms with van der Waals surface area (Å²) in [6, 6.07) is 15.9. The van der Waals surface area contributed by atoms with Crippen LogP contribution in [0.15, 0.2) is 48.5 Å². The molecule has 29 heavy (non-hydrogen) atoms. The van der Waals surface area contributed by atoms with Crippen molar-refractivity contribution in [2.45, 2.75) is 72.5 Å². The molecule has 2 unspecified atom stereocenters. The van der Waals surface area contributed by atoms with Crippen molar-refractivity contribution in [3.05, 3.63) is 70.8 Å². The van der Waals surface area contributed by atoms with Crippen LogP contribution in [0.5, 0.6) is 0 Å². The number of rotatable bonds is 9. The predicted octanol–water partition coefficient (Wildman–Crippen LogP) is 4.57. The fourth-order valence-electron chi connectivity index (χ4n) is 3.09. The third-order valence-electron chi connectivity index (χ3n) is 5.39. The summed E-state index contributed by atoms with van der Waals surface area (Å²) in [5.74, 6) is -0.104. The highest BCUT2D eigenvalue weighted by Gasteiger charge is 2.26. The van der Waals surface area contributed by atoms with Crippen molar-refractivity contribution in [3.63, 3.8) is 0 Å². The Morgan fingerprint density at radius 1 is 0.897 bits per heavy atom. The number of hydrogen-bond donors (Lipinski definition) is 1. The molecule has 156 valence electrons. The monoisotopic (exact) mass is 394 g/mol. The summed E-state index contributed by atoms with van der Waals surface area (Å²) < 4.78 is 0. The van der Waals surface area contributed by atoms with Crippen LogP contribution in [0.3, 0.4) is 0 Å². The van der Waals surface area contributed by atoms with E-state index in [1.807, 2.05) is 52.0 Å². The first-order valence-electron chi connectivity index (χ1n) is 10.5. The third kappa shape index (κ3) is 7.04. The van der Waals surface area contributed by atoms with E-state index in [0.717, 1.165) is 17.5 Å². The lowest BCUT2D eigenvalue weighted by atomic mass is 10.1. The summed E-state index contributed by atoms with van der Waals surface area (Å²) in [5.41, 5.74) is 4.54. The maximum absolute atomic E-state index is 13.1. The van der Waals surface area contributed by atoms with Crippen LogP contribution in [-0.2, 0) is 22.6 Å². The van der Waals surface area contributed by atoms with Gasteiger partial charge in [0.05, 0.1) is 0 Å². The zero-order valence-corrected chi connectivity index (χ0v) is 18.4. The molecule has 0 aromatic heterocycles. The van der Waals surface area contributed by atoms with Crippen LogP contribution in [0.1, 0.15) is 55.9 Å². The van der Waals surface area contributed by atoms with E-state index in [-0.39, 0.29) is 17.9 Å². The number of nitrogens with zero attached hydrogens (tertiary/aromatic N) is 1. The number of carbonyl (C=O) groups excluding carboxylic acids is 2. The summed E-state index contributed by atoms with van der Waals surface area (Å²) >= 11 is 0. The first-order chi connectivity index (χ1) is 13.8. The summed E-state index contributed by atoms with van der Waals surface area (Å²) in [4.78, 5) is 27.5. The lowest BCUT2D eigenvalue weighted by Gasteiger charge is -2.30. The Morgan fingerprint density at radius 2 is 1.41 bits per heavy atom. The fraction of sp³-hybridized carbons (Fsp3) is 0.440. The molecule has 0 bridgehead atoms. The van der Waals surface area contributed by atoms with Crippen molar-refractivity contribution >= 4 is 11.8 Å². The van der Waals surface area contributed by atoms with Gasteiger partial charge in [-0.25, -0.2) is 0 Å². The zero-order valence-electron chi connectivity index (χ0n) is 18.4. The van der Waals surface area contributed by atoms with E-state index in [0.29, 0.717) is 19.4 Å². The lowest BCUT2D eigenvalue weighted by Crippen LogP contribution is -2.49. The second-order valence-corrected chi connectivity index (χ2v) is 7.99. The topological polar surface area (TPSA) is 49.4 Å². The number of carbonyl (C=O) groups is 2. The minimum absolute atomic E-state index is 0.00190. The molecule has 0 fully saturated rings. The van der Waals surface area contributed by atoms with E-state index in [1.54, 1.807) is 4.90 Å². The zero-order chi connectivity index (χ0) is 21.4. The largest absolute Gasteiger partial charge is 0.352 e. The highest BCUT2D eigenvalue weighted by Crippen LogP contribution is 2.14. The van der Waals surface area contributed by atoms with E-state index in [9.17, 15) is 9.59 Å². The molecular formula is C25H34N2O2. The molecule has 2 rings (SSSR count). The van der Waals surface area contributed by atoms with Crippen molar-refractivity contribution in [1.29, 1.82) is 0 Å². The van der Waals surface area contributed by atoms with Gasteiger partial charge in [0.1, 0.15) is 6.04 Å². The van der Waals surface area contributed by atoms with E-state index in [4.69, 9.17) is 0 Å². The minimum Gasteiger partial charge on any atom is -0.352 e. The van der Waals surface area contributed by atoms with Crippen LogP contribution >= 0.6 is 0 Å². The van der Waals surface area contributed by atoms with Gasteiger partial charge in [-0.3, -0.25) is 9.59 Å². The van der Waals surface area contributed by atoms with Gasteiger partial charge in [0, 0.05) is 19.0 Å². The first-order valence-corrected chi connectivity index (χ1v) is 10.5. The van der Waals surface area contributed by atoms with Crippen molar-refractivity contribution < 1.29 is 9.59 Å². The van der Waals surface area contributed by atoms with Crippen molar-refractivity contribution in [1.82, 2.24) is 10.2 Å². The standard InChI is InChI=1S/C25H34N2O2/c1-6-20(4)26-25(29)21(5)27(17-23-13-9-19(3)10-14-23)24(28)16-15-22-11-7-18(2)8-12-22/h7-14,20-21H,6,15-17H2,1-5H3,(H,26,29). The first kappa shape index (κ1) is 22.7. The Hall–Kier alpha value is -2.62. The van der Waals surface area contributed by atoms with E-state index in [1.165, 1.54) is 11.1 Å². The van der Waals surface area contributed by atoms with Crippen LogP contribution in [0.4, 0.5) is 0 Å². The molecule has 0 saturated carbocycles. The average Bonchev–Trinajstić information content (AvgIpc) is 2.72. The number of benzene rings is 2. The quantitative estimate of drug-likeness (QED) is 0.677. The van der Waals surface area contributed by atoms with Crippen molar-refractivity contribution in [2.24, 2.45) is 0 Å². The van der Waals surface area contributed by atoms with Crippen LogP contribution < -0.4 is 5.32 Å². The molecule has 0 aliphatic heterocycles. The highest BCUT2D eigenvalue weighted by molar-refractivity contribution is 5.87. The van der Waals surface area contributed by atoms with Gasteiger partial charge in [0.25, 0.3) is 0 Å². The van der Waals surface area contributed by atoms with Gasteiger partial charge in [-0.15, -0.1) is 0 Å². The third-order valence-corrected chi connectivity index (χ3v) is 5.39. The molecule has 0 heterocycles. The summed E-state index contributed by atoms with van der Waals surface area (Å²) in [7, 11) is 0. The molecule has 1 N–H and O–H groups in total. The maximum atomic E-state index is 13.1. The molecular weight excluding hydrogens is 360 g/mol. The van der Waals surface area contributed by atoms with Crippen LogP contribution in [-0.4, -0.2) is 28.8 Å². The molecule has 2 amide bonds. The van der Waals surface area contributed by atoms with Crippen molar-refractivity contribution in [2.75, 3.05) is 0 Å². The van der Waals surface area contributed by atoms with Gasteiger partial charge in [0.15, 0.2) is 0 Å². The smallest absolute Gasteiger partial charge is 0.242 e. The molecule has 2 atom stereocenters. The molecule has 0 aliphatic rings. The molecule has 0 radical (unpaired) electrons. The van der Waals surface area contributed by atoms with E-state index < -0.39 is 6.04 Å². The molecule has 0 aliphatic carbocycles.